The maximum atomic E-state index is 10.2. The van der Waals surface area contributed by atoms with Gasteiger partial charge in [0.25, 0.3) is 0 Å². The minimum atomic E-state index is -0.614. The molecule has 16 heavy (non-hydrogen) atoms. The summed E-state index contributed by atoms with van der Waals surface area (Å²) in [7, 11) is 1.91. The van der Waals surface area contributed by atoms with E-state index in [0.29, 0.717) is 0 Å². The first-order chi connectivity index (χ1) is 7.57. The van der Waals surface area contributed by atoms with E-state index in [1.54, 1.807) is 0 Å². The molecule has 0 aromatic heterocycles. The highest BCUT2D eigenvalue weighted by atomic mass is 16.3. The molecular weight excluding hydrogens is 198 g/mol. The van der Waals surface area contributed by atoms with Gasteiger partial charge >= 0.3 is 0 Å². The van der Waals surface area contributed by atoms with Crippen LogP contribution >= 0.6 is 0 Å². The molecule has 2 nitrogen and oxygen atoms in total. The van der Waals surface area contributed by atoms with Crippen molar-refractivity contribution in [3.05, 3.63) is 35.4 Å². The van der Waals surface area contributed by atoms with Crippen molar-refractivity contribution >= 4 is 0 Å². The second-order valence-corrected chi connectivity index (χ2v) is 4.70. The fourth-order valence-electron chi connectivity index (χ4n) is 1.82. The van der Waals surface area contributed by atoms with Crippen LogP contribution in [0.25, 0.3) is 0 Å². The van der Waals surface area contributed by atoms with E-state index in [1.807, 2.05) is 14.0 Å². The summed E-state index contributed by atoms with van der Waals surface area (Å²) in [4.78, 5) is 0. The van der Waals surface area contributed by atoms with E-state index >= 15 is 0 Å². The average molecular weight is 221 g/mol. The molecule has 1 unspecified atom stereocenters. The van der Waals surface area contributed by atoms with Crippen molar-refractivity contribution < 1.29 is 5.11 Å². The van der Waals surface area contributed by atoms with Gasteiger partial charge in [0.2, 0.25) is 0 Å². The summed E-state index contributed by atoms with van der Waals surface area (Å²) in [5.41, 5.74) is 1.94. The summed E-state index contributed by atoms with van der Waals surface area (Å²) in [6.45, 7) is 4.90. The van der Waals surface area contributed by atoms with Gasteiger partial charge in [-0.1, -0.05) is 31.2 Å². The second-order valence-electron chi connectivity index (χ2n) is 4.70. The molecule has 2 N–H and O–H groups in total. The van der Waals surface area contributed by atoms with Crippen LogP contribution in [0.2, 0.25) is 0 Å². The van der Waals surface area contributed by atoms with E-state index in [0.717, 1.165) is 25.8 Å². The fourth-order valence-corrected chi connectivity index (χ4v) is 1.82. The van der Waals surface area contributed by atoms with Gasteiger partial charge in [-0.15, -0.1) is 0 Å². The summed E-state index contributed by atoms with van der Waals surface area (Å²) in [5, 5.41) is 13.3. The van der Waals surface area contributed by atoms with Crippen molar-refractivity contribution in [3.8, 4) is 0 Å². The first kappa shape index (κ1) is 13.2. The van der Waals surface area contributed by atoms with Gasteiger partial charge in [0.05, 0.1) is 5.60 Å². The maximum Gasteiger partial charge on any atom is 0.0672 e. The van der Waals surface area contributed by atoms with Crippen LogP contribution in [0.5, 0.6) is 0 Å². The number of aryl methyl sites for hydroxylation is 1. The molecule has 0 aliphatic heterocycles. The first-order valence-corrected chi connectivity index (χ1v) is 6.02. The minimum Gasteiger partial charge on any atom is -0.390 e. The lowest BCUT2D eigenvalue weighted by Crippen LogP contribution is -2.31. The number of hydrogen-bond acceptors (Lipinski definition) is 2. The quantitative estimate of drug-likeness (QED) is 0.771. The highest BCUT2D eigenvalue weighted by Gasteiger charge is 2.19. The summed E-state index contributed by atoms with van der Waals surface area (Å²) in [5.74, 6) is 0. The van der Waals surface area contributed by atoms with E-state index in [9.17, 15) is 5.11 Å². The van der Waals surface area contributed by atoms with Crippen molar-refractivity contribution in [1.82, 2.24) is 5.32 Å². The van der Waals surface area contributed by atoms with Gasteiger partial charge < -0.3 is 10.4 Å². The summed E-state index contributed by atoms with van der Waals surface area (Å²) in [6, 6.07) is 8.52. The third kappa shape index (κ3) is 4.33. The van der Waals surface area contributed by atoms with Crippen LogP contribution in [0.1, 0.15) is 31.4 Å². The SMILES string of the molecule is CCc1ccc(CC(C)(O)CCNC)cc1. The standard InChI is InChI=1S/C14H23NO/c1-4-12-5-7-13(8-6-12)11-14(2,16)9-10-15-3/h5-8,15-16H,4,9-11H2,1-3H3. The molecule has 2 heteroatoms. The topological polar surface area (TPSA) is 32.3 Å². The molecule has 1 rings (SSSR count). The molecule has 0 heterocycles. The Hall–Kier alpha value is -0.860. The fraction of sp³-hybridized carbons (Fsp3) is 0.571. The Morgan fingerprint density at radius 2 is 1.75 bits per heavy atom. The largest absolute Gasteiger partial charge is 0.390 e. The van der Waals surface area contributed by atoms with Gasteiger partial charge in [0.1, 0.15) is 0 Å². The van der Waals surface area contributed by atoms with Crippen molar-refractivity contribution in [2.24, 2.45) is 0 Å². The van der Waals surface area contributed by atoms with Crippen LogP contribution in [0, 0.1) is 0 Å². The Morgan fingerprint density at radius 3 is 2.25 bits per heavy atom. The van der Waals surface area contributed by atoms with E-state index in [2.05, 4.69) is 36.5 Å². The van der Waals surface area contributed by atoms with E-state index in [-0.39, 0.29) is 0 Å². The monoisotopic (exact) mass is 221 g/mol. The Bertz CT molecular complexity index is 303. The van der Waals surface area contributed by atoms with Crippen LogP contribution in [0.4, 0.5) is 0 Å². The van der Waals surface area contributed by atoms with Gasteiger partial charge in [-0.05, 0) is 44.5 Å². The zero-order valence-corrected chi connectivity index (χ0v) is 10.6. The number of aliphatic hydroxyl groups is 1. The molecule has 0 saturated carbocycles. The van der Waals surface area contributed by atoms with E-state index in [1.165, 1.54) is 11.1 Å². The lowest BCUT2D eigenvalue weighted by atomic mass is 9.92. The highest BCUT2D eigenvalue weighted by molar-refractivity contribution is 5.23. The number of hydrogen-bond donors (Lipinski definition) is 2. The number of nitrogens with one attached hydrogen (secondary N) is 1. The number of rotatable bonds is 6. The van der Waals surface area contributed by atoms with Gasteiger partial charge in [-0.3, -0.25) is 0 Å². The third-order valence-corrected chi connectivity index (χ3v) is 2.93. The Kier molecular flexibility index (Phi) is 4.97. The predicted molar refractivity (Wildman–Crippen MR) is 68.7 cm³/mol. The second kappa shape index (κ2) is 6.02. The van der Waals surface area contributed by atoms with Gasteiger partial charge in [0, 0.05) is 6.42 Å². The van der Waals surface area contributed by atoms with Crippen LogP contribution in [0.3, 0.4) is 0 Å². The zero-order chi connectivity index (χ0) is 12.0. The zero-order valence-electron chi connectivity index (χ0n) is 10.6. The molecule has 0 aliphatic carbocycles. The van der Waals surface area contributed by atoms with Crippen molar-refractivity contribution in [3.63, 3.8) is 0 Å². The van der Waals surface area contributed by atoms with Crippen molar-refractivity contribution in [1.29, 1.82) is 0 Å². The van der Waals surface area contributed by atoms with Crippen LogP contribution < -0.4 is 5.32 Å². The summed E-state index contributed by atoms with van der Waals surface area (Å²) >= 11 is 0. The maximum absolute atomic E-state index is 10.2. The molecular formula is C14H23NO. The lowest BCUT2D eigenvalue weighted by Gasteiger charge is -2.23. The third-order valence-electron chi connectivity index (χ3n) is 2.93. The lowest BCUT2D eigenvalue weighted by molar-refractivity contribution is 0.0520. The van der Waals surface area contributed by atoms with Crippen LogP contribution in [-0.4, -0.2) is 24.3 Å². The first-order valence-electron chi connectivity index (χ1n) is 6.02. The van der Waals surface area contributed by atoms with Gasteiger partial charge in [-0.25, -0.2) is 0 Å². The normalized spacial score (nSPS) is 14.8. The molecule has 0 saturated heterocycles. The highest BCUT2D eigenvalue weighted by Crippen LogP contribution is 2.17. The van der Waals surface area contributed by atoms with E-state index < -0.39 is 5.60 Å². The Labute approximate surface area is 98.7 Å². The predicted octanol–water partition coefficient (Wildman–Crippen LogP) is 2.15. The van der Waals surface area contributed by atoms with Crippen molar-refractivity contribution in [2.75, 3.05) is 13.6 Å². The molecule has 1 aromatic carbocycles. The molecule has 0 fully saturated rings. The van der Waals surface area contributed by atoms with E-state index in [4.69, 9.17) is 0 Å². The molecule has 0 spiro atoms. The summed E-state index contributed by atoms with van der Waals surface area (Å²) in [6.07, 6.45) is 2.56. The van der Waals surface area contributed by atoms with Gasteiger partial charge in [0.15, 0.2) is 0 Å². The van der Waals surface area contributed by atoms with Crippen LogP contribution in [-0.2, 0) is 12.8 Å². The Balaban J connectivity index is 2.57. The molecule has 0 aliphatic rings. The smallest absolute Gasteiger partial charge is 0.0672 e. The molecule has 0 amide bonds. The molecule has 0 bridgehead atoms. The Morgan fingerprint density at radius 1 is 1.19 bits per heavy atom. The molecule has 90 valence electrons. The molecule has 0 radical (unpaired) electrons. The van der Waals surface area contributed by atoms with Crippen molar-refractivity contribution in [2.45, 2.75) is 38.7 Å². The molecule has 1 atom stereocenters. The molecule has 1 aromatic rings. The van der Waals surface area contributed by atoms with Gasteiger partial charge in [-0.2, -0.15) is 0 Å². The minimum absolute atomic E-state index is 0.614. The van der Waals surface area contributed by atoms with Crippen LogP contribution in [0.15, 0.2) is 24.3 Å². The number of benzene rings is 1. The average Bonchev–Trinajstić information content (AvgIpc) is 2.27. The summed E-state index contributed by atoms with van der Waals surface area (Å²) < 4.78 is 0.